The van der Waals surface area contributed by atoms with Crippen LogP contribution in [0.25, 0.3) is 0 Å². The van der Waals surface area contributed by atoms with Gasteiger partial charge in [-0.15, -0.1) is 0 Å². The van der Waals surface area contributed by atoms with E-state index in [2.05, 4.69) is 5.32 Å². The van der Waals surface area contributed by atoms with Crippen LogP contribution in [0.2, 0.25) is 0 Å². The third-order valence-corrected chi connectivity index (χ3v) is 1.98. The average Bonchev–Trinajstić information content (AvgIpc) is 2.22. The Morgan fingerprint density at radius 2 is 2.19 bits per heavy atom. The van der Waals surface area contributed by atoms with E-state index in [0.717, 1.165) is 5.56 Å². The standard InChI is InChI=1S/C12H18FNO2/c1-9(2)16-12-4-3-10(7-11(12)13)8-14-5-6-15/h3-4,7,9,14-15H,5-6,8H2,1-2H3. The molecule has 0 amide bonds. The fraction of sp³-hybridized carbons (Fsp3) is 0.500. The van der Waals surface area contributed by atoms with Gasteiger partial charge in [-0.3, -0.25) is 0 Å². The van der Waals surface area contributed by atoms with Crippen LogP contribution in [0.4, 0.5) is 4.39 Å². The normalized spacial score (nSPS) is 10.8. The highest BCUT2D eigenvalue weighted by Crippen LogP contribution is 2.19. The highest BCUT2D eigenvalue weighted by atomic mass is 19.1. The topological polar surface area (TPSA) is 41.5 Å². The number of halogens is 1. The van der Waals surface area contributed by atoms with Crippen molar-refractivity contribution < 1.29 is 14.2 Å². The molecule has 1 rings (SSSR count). The van der Waals surface area contributed by atoms with Gasteiger partial charge in [0.25, 0.3) is 0 Å². The first-order valence-electron chi connectivity index (χ1n) is 5.40. The van der Waals surface area contributed by atoms with Crippen molar-refractivity contribution in [3.63, 3.8) is 0 Å². The summed E-state index contributed by atoms with van der Waals surface area (Å²) in [4.78, 5) is 0. The Morgan fingerprint density at radius 3 is 2.75 bits per heavy atom. The van der Waals surface area contributed by atoms with Crippen molar-refractivity contribution >= 4 is 0 Å². The first-order chi connectivity index (χ1) is 7.63. The number of nitrogens with one attached hydrogen (secondary N) is 1. The van der Waals surface area contributed by atoms with E-state index in [1.54, 1.807) is 6.07 Å². The zero-order chi connectivity index (χ0) is 12.0. The minimum Gasteiger partial charge on any atom is -0.488 e. The largest absolute Gasteiger partial charge is 0.488 e. The molecular weight excluding hydrogens is 209 g/mol. The molecular formula is C12H18FNO2. The molecule has 0 radical (unpaired) electrons. The van der Waals surface area contributed by atoms with Crippen LogP contribution in [0.1, 0.15) is 19.4 Å². The monoisotopic (exact) mass is 227 g/mol. The van der Waals surface area contributed by atoms with Gasteiger partial charge in [0.15, 0.2) is 11.6 Å². The van der Waals surface area contributed by atoms with Gasteiger partial charge in [0.1, 0.15) is 0 Å². The van der Waals surface area contributed by atoms with Gasteiger partial charge in [-0.2, -0.15) is 0 Å². The molecule has 0 aliphatic carbocycles. The van der Waals surface area contributed by atoms with Crippen LogP contribution in [0.15, 0.2) is 18.2 Å². The second kappa shape index (κ2) is 6.45. The first kappa shape index (κ1) is 12.9. The summed E-state index contributed by atoms with van der Waals surface area (Å²) >= 11 is 0. The van der Waals surface area contributed by atoms with E-state index >= 15 is 0 Å². The second-order valence-corrected chi connectivity index (χ2v) is 3.83. The molecule has 0 aliphatic rings. The Kier molecular flexibility index (Phi) is 5.22. The van der Waals surface area contributed by atoms with Crippen LogP contribution in [-0.4, -0.2) is 24.4 Å². The van der Waals surface area contributed by atoms with Gasteiger partial charge in [0.05, 0.1) is 12.7 Å². The Bertz CT molecular complexity index is 329. The predicted molar refractivity (Wildman–Crippen MR) is 61.0 cm³/mol. The molecule has 0 fully saturated rings. The van der Waals surface area contributed by atoms with Crippen LogP contribution >= 0.6 is 0 Å². The SMILES string of the molecule is CC(C)Oc1ccc(CNCCO)cc1F. The summed E-state index contributed by atoms with van der Waals surface area (Å²) in [5.74, 6) is -0.0714. The Labute approximate surface area is 95.2 Å². The van der Waals surface area contributed by atoms with Gasteiger partial charge < -0.3 is 15.2 Å². The van der Waals surface area contributed by atoms with Crippen LogP contribution in [0.5, 0.6) is 5.75 Å². The molecule has 0 spiro atoms. The molecule has 2 N–H and O–H groups in total. The molecule has 0 aromatic heterocycles. The second-order valence-electron chi connectivity index (χ2n) is 3.83. The van der Waals surface area contributed by atoms with Crippen molar-refractivity contribution in [3.8, 4) is 5.75 Å². The van der Waals surface area contributed by atoms with Crippen LogP contribution < -0.4 is 10.1 Å². The number of hydrogen-bond donors (Lipinski definition) is 2. The molecule has 0 bridgehead atoms. The molecule has 4 heteroatoms. The molecule has 0 saturated heterocycles. The Morgan fingerprint density at radius 1 is 1.44 bits per heavy atom. The quantitative estimate of drug-likeness (QED) is 0.727. The van der Waals surface area contributed by atoms with Crippen molar-refractivity contribution in [2.45, 2.75) is 26.5 Å². The molecule has 0 atom stereocenters. The maximum atomic E-state index is 13.5. The van der Waals surface area contributed by atoms with E-state index in [-0.39, 0.29) is 24.3 Å². The summed E-state index contributed by atoms with van der Waals surface area (Å²) in [5.41, 5.74) is 0.835. The van der Waals surface area contributed by atoms with Crippen molar-refractivity contribution in [2.24, 2.45) is 0 Å². The molecule has 3 nitrogen and oxygen atoms in total. The summed E-state index contributed by atoms with van der Waals surface area (Å²) in [6.07, 6.45) is -0.0344. The van der Waals surface area contributed by atoms with E-state index in [9.17, 15) is 4.39 Å². The van der Waals surface area contributed by atoms with E-state index in [1.165, 1.54) is 6.07 Å². The van der Waals surface area contributed by atoms with Crippen molar-refractivity contribution in [2.75, 3.05) is 13.2 Å². The molecule has 1 aromatic carbocycles. The summed E-state index contributed by atoms with van der Waals surface area (Å²) in [5, 5.41) is 11.6. The summed E-state index contributed by atoms with van der Waals surface area (Å²) < 4.78 is 18.8. The summed E-state index contributed by atoms with van der Waals surface area (Å²) in [6, 6.07) is 4.89. The first-order valence-corrected chi connectivity index (χ1v) is 5.40. The summed E-state index contributed by atoms with van der Waals surface area (Å²) in [6.45, 7) is 4.84. The number of ether oxygens (including phenoxy) is 1. The lowest BCUT2D eigenvalue weighted by molar-refractivity contribution is 0.231. The van der Waals surface area contributed by atoms with Gasteiger partial charge in [0.2, 0.25) is 0 Å². The number of benzene rings is 1. The van der Waals surface area contributed by atoms with Crippen molar-refractivity contribution in [1.29, 1.82) is 0 Å². The van der Waals surface area contributed by atoms with E-state index in [0.29, 0.717) is 13.1 Å². The maximum absolute atomic E-state index is 13.5. The Hall–Kier alpha value is -1.13. The predicted octanol–water partition coefficient (Wildman–Crippen LogP) is 1.69. The van der Waals surface area contributed by atoms with E-state index in [1.807, 2.05) is 19.9 Å². The lowest BCUT2D eigenvalue weighted by Crippen LogP contribution is -2.17. The molecule has 0 aliphatic heterocycles. The highest BCUT2D eigenvalue weighted by Gasteiger charge is 2.06. The fourth-order valence-corrected chi connectivity index (χ4v) is 1.32. The smallest absolute Gasteiger partial charge is 0.165 e. The number of hydrogen-bond acceptors (Lipinski definition) is 3. The third-order valence-electron chi connectivity index (χ3n) is 1.98. The Balaban J connectivity index is 2.60. The molecule has 90 valence electrons. The van der Waals surface area contributed by atoms with Gasteiger partial charge in [0, 0.05) is 13.1 Å². The third kappa shape index (κ3) is 4.16. The van der Waals surface area contributed by atoms with Gasteiger partial charge in [-0.25, -0.2) is 4.39 Å². The number of aliphatic hydroxyl groups excluding tert-OH is 1. The van der Waals surface area contributed by atoms with Gasteiger partial charge in [-0.1, -0.05) is 6.07 Å². The highest BCUT2D eigenvalue weighted by molar-refractivity contribution is 5.29. The van der Waals surface area contributed by atoms with Gasteiger partial charge in [-0.05, 0) is 31.5 Å². The van der Waals surface area contributed by atoms with Gasteiger partial charge >= 0.3 is 0 Å². The van der Waals surface area contributed by atoms with Crippen LogP contribution in [-0.2, 0) is 6.54 Å². The van der Waals surface area contributed by atoms with Crippen LogP contribution in [0.3, 0.4) is 0 Å². The molecule has 0 unspecified atom stereocenters. The number of aliphatic hydroxyl groups is 1. The maximum Gasteiger partial charge on any atom is 0.165 e. The number of rotatable bonds is 6. The van der Waals surface area contributed by atoms with Crippen molar-refractivity contribution in [1.82, 2.24) is 5.32 Å². The minimum atomic E-state index is -0.350. The lowest BCUT2D eigenvalue weighted by Gasteiger charge is -2.11. The fourth-order valence-electron chi connectivity index (χ4n) is 1.32. The minimum absolute atomic E-state index is 0.0344. The average molecular weight is 227 g/mol. The molecule has 0 heterocycles. The molecule has 1 aromatic rings. The zero-order valence-electron chi connectivity index (χ0n) is 9.66. The zero-order valence-corrected chi connectivity index (χ0v) is 9.66. The van der Waals surface area contributed by atoms with Crippen molar-refractivity contribution in [3.05, 3.63) is 29.6 Å². The summed E-state index contributed by atoms with van der Waals surface area (Å²) in [7, 11) is 0. The van der Waals surface area contributed by atoms with E-state index < -0.39 is 0 Å². The molecule has 0 saturated carbocycles. The van der Waals surface area contributed by atoms with Crippen LogP contribution in [0, 0.1) is 5.82 Å². The van der Waals surface area contributed by atoms with E-state index in [4.69, 9.17) is 9.84 Å². The molecule has 16 heavy (non-hydrogen) atoms. The lowest BCUT2D eigenvalue weighted by atomic mass is 10.2.